The van der Waals surface area contributed by atoms with Gasteiger partial charge in [-0.25, -0.2) is 4.98 Å². The smallest absolute Gasteiger partial charge is 0.141 e. The lowest BCUT2D eigenvalue weighted by atomic mass is 10.0. The van der Waals surface area contributed by atoms with E-state index in [0.29, 0.717) is 0 Å². The van der Waals surface area contributed by atoms with Crippen molar-refractivity contribution in [3.63, 3.8) is 0 Å². The Kier molecular flexibility index (Phi) is 3.50. The number of H-pyrrole nitrogens is 1. The number of nitrogens with one attached hydrogen (secondary N) is 2. The van der Waals surface area contributed by atoms with E-state index < -0.39 is 0 Å². The predicted molar refractivity (Wildman–Crippen MR) is 100 cm³/mol. The Labute approximate surface area is 150 Å². The van der Waals surface area contributed by atoms with Crippen LogP contribution in [0.3, 0.4) is 0 Å². The van der Waals surface area contributed by atoms with Crippen molar-refractivity contribution < 1.29 is 4.74 Å². The van der Waals surface area contributed by atoms with Crippen LogP contribution in [-0.2, 0) is 20.0 Å². The summed E-state index contributed by atoms with van der Waals surface area (Å²) in [5.41, 5.74) is 5.58. The summed E-state index contributed by atoms with van der Waals surface area (Å²) in [6.07, 6.45) is 8.63. The molecule has 4 heterocycles. The number of aromatic amines is 1. The van der Waals surface area contributed by atoms with Crippen molar-refractivity contribution in [1.29, 1.82) is 0 Å². The van der Waals surface area contributed by atoms with Gasteiger partial charge in [-0.1, -0.05) is 6.07 Å². The molecule has 0 radical (unpaired) electrons. The molecule has 0 unspecified atom stereocenters. The summed E-state index contributed by atoms with van der Waals surface area (Å²) in [5.74, 6) is 1.64. The molecule has 6 heteroatoms. The number of fused-ring (bicyclic) bond motifs is 2. The molecule has 130 valence electrons. The molecule has 0 fully saturated rings. The van der Waals surface area contributed by atoms with E-state index in [1.807, 2.05) is 37.8 Å². The lowest BCUT2D eigenvalue weighted by Gasteiger charge is -2.18. The molecule has 3 aromatic heterocycles. The molecule has 0 saturated heterocycles. The van der Waals surface area contributed by atoms with Gasteiger partial charge in [-0.3, -0.25) is 4.68 Å². The van der Waals surface area contributed by atoms with Gasteiger partial charge in [0.2, 0.25) is 0 Å². The highest BCUT2D eigenvalue weighted by Crippen LogP contribution is 2.36. The van der Waals surface area contributed by atoms with Gasteiger partial charge in [0.1, 0.15) is 17.1 Å². The molecule has 26 heavy (non-hydrogen) atoms. The highest BCUT2D eigenvalue weighted by molar-refractivity contribution is 5.97. The van der Waals surface area contributed by atoms with Crippen LogP contribution in [0, 0.1) is 0 Å². The molecule has 5 rings (SSSR count). The summed E-state index contributed by atoms with van der Waals surface area (Å²) in [6.45, 7) is 1.93. The Bertz CT molecular complexity index is 1090. The van der Waals surface area contributed by atoms with Crippen LogP contribution in [0.4, 0.5) is 0 Å². The summed E-state index contributed by atoms with van der Waals surface area (Å²) in [5, 5.41) is 8.66. The molecule has 0 spiro atoms. The third-order valence-corrected chi connectivity index (χ3v) is 4.84. The second-order valence-electron chi connectivity index (χ2n) is 6.60. The Balaban J connectivity index is 1.58. The lowest BCUT2D eigenvalue weighted by molar-refractivity contribution is 0.485. The molecular weight excluding hydrogens is 326 g/mol. The molecule has 1 aliphatic rings. The maximum Gasteiger partial charge on any atom is 0.141 e. The van der Waals surface area contributed by atoms with E-state index in [2.05, 4.69) is 32.5 Å². The third kappa shape index (κ3) is 2.55. The molecule has 0 atom stereocenters. The summed E-state index contributed by atoms with van der Waals surface area (Å²) >= 11 is 0. The molecule has 1 aliphatic heterocycles. The number of hydrogen-bond donors (Lipinski definition) is 2. The van der Waals surface area contributed by atoms with Crippen LogP contribution in [0.2, 0.25) is 0 Å². The van der Waals surface area contributed by atoms with Gasteiger partial charge in [-0.05, 0) is 42.3 Å². The van der Waals surface area contributed by atoms with Crippen LogP contribution in [0.1, 0.15) is 11.1 Å². The van der Waals surface area contributed by atoms with E-state index >= 15 is 0 Å². The third-order valence-electron chi connectivity index (χ3n) is 4.84. The fourth-order valence-corrected chi connectivity index (χ4v) is 3.55. The fourth-order valence-electron chi connectivity index (χ4n) is 3.55. The van der Waals surface area contributed by atoms with E-state index in [-0.39, 0.29) is 0 Å². The maximum atomic E-state index is 6.27. The second kappa shape index (κ2) is 6.00. The van der Waals surface area contributed by atoms with Crippen molar-refractivity contribution in [1.82, 2.24) is 25.1 Å². The van der Waals surface area contributed by atoms with Crippen LogP contribution in [0.25, 0.3) is 22.2 Å². The topological polar surface area (TPSA) is 67.8 Å². The minimum atomic E-state index is 0.791. The Morgan fingerprint density at radius 3 is 3.04 bits per heavy atom. The molecule has 1 aromatic carbocycles. The van der Waals surface area contributed by atoms with Crippen LogP contribution < -0.4 is 10.1 Å². The van der Waals surface area contributed by atoms with Crippen LogP contribution in [-0.4, -0.2) is 26.3 Å². The first-order valence-electron chi connectivity index (χ1n) is 8.73. The van der Waals surface area contributed by atoms with Gasteiger partial charge in [0, 0.05) is 43.3 Å². The molecule has 4 aromatic rings. The lowest BCUT2D eigenvalue weighted by Crippen LogP contribution is -2.23. The van der Waals surface area contributed by atoms with Gasteiger partial charge in [-0.2, -0.15) is 5.10 Å². The highest BCUT2D eigenvalue weighted by atomic mass is 16.5. The molecule has 0 aliphatic carbocycles. The molecule has 0 amide bonds. The number of nitrogens with zero attached hydrogens (tertiary/aromatic N) is 3. The highest BCUT2D eigenvalue weighted by Gasteiger charge is 2.15. The van der Waals surface area contributed by atoms with E-state index in [1.165, 1.54) is 11.1 Å². The van der Waals surface area contributed by atoms with E-state index in [9.17, 15) is 0 Å². The number of hydrogen-bond acceptors (Lipinski definition) is 4. The van der Waals surface area contributed by atoms with Gasteiger partial charge >= 0.3 is 0 Å². The summed E-state index contributed by atoms with van der Waals surface area (Å²) in [6, 6.07) is 8.26. The quantitative estimate of drug-likeness (QED) is 0.597. The minimum Gasteiger partial charge on any atom is -0.457 e. The van der Waals surface area contributed by atoms with Crippen LogP contribution in [0.5, 0.6) is 11.5 Å². The number of aromatic nitrogens is 4. The summed E-state index contributed by atoms with van der Waals surface area (Å²) in [4.78, 5) is 7.67. The number of benzene rings is 1. The average Bonchev–Trinajstić information content (AvgIpc) is 3.28. The van der Waals surface area contributed by atoms with Gasteiger partial charge in [0.15, 0.2) is 0 Å². The summed E-state index contributed by atoms with van der Waals surface area (Å²) in [7, 11) is 1.91. The van der Waals surface area contributed by atoms with Crippen molar-refractivity contribution in [2.24, 2.45) is 7.05 Å². The van der Waals surface area contributed by atoms with Crippen molar-refractivity contribution in [2.45, 2.75) is 13.0 Å². The zero-order valence-corrected chi connectivity index (χ0v) is 14.5. The van der Waals surface area contributed by atoms with Crippen molar-refractivity contribution in [3.05, 3.63) is 60.2 Å². The Morgan fingerprint density at radius 2 is 2.15 bits per heavy atom. The molecular formula is C20H19N5O. The first-order valence-corrected chi connectivity index (χ1v) is 8.73. The van der Waals surface area contributed by atoms with Crippen molar-refractivity contribution in [3.8, 4) is 22.6 Å². The van der Waals surface area contributed by atoms with Crippen molar-refractivity contribution >= 4 is 11.0 Å². The first-order chi connectivity index (χ1) is 12.8. The molecule has 0 bridgehead atoms. The molecule has 2 N–H and O–H groups in total. The van der Waals surface area contributed by atoms with E-state index in [0.717, 1.165) is 53.2 Å². The van der Waals surface area contributed by atoms with Gasteiger partial charge < -0.3 is 15.0 Å². The van der Waals surface area contributed by atoms with Gasteiger partial charge in [0.25, 0.3) is 0 Å². The monoisotopic (exact) mass is 345 g/mol. The van der Waals surface area contributed by atoms with E-state index in [4.69, 9.17) is 4.74 Å². The van der Waals surface area contributed by atoms with Crippen LogP contribution in [0.15, 0.2) is 49.1 Å². The maximum absolute atomic E-state index is 6.27. The zero-order valence-electron chi connectivity index (χ0n) is 14.5. The largest absolute Gasteiger partial charge is 0.457 e. The fraction of sp³-hybridized carbons (Fsp3) is 0.200. The standard InChI is InChI=1S/C20H19N5O/c1-25-12-15(10-24-25)17-11-23-20-19(17)18(5-7-22-20)26-16-3-2-13-4-6-21-9-14(13)8-16/h2-3,5,7-8,10-12,21H,4,6,9H2,1H3,(H,22,23). The number of aryl methyl sites for hydroxylation is 1. The normalized spacial score (nSPS) is 13.7. The van der Waals surface area contributed by atoms with Gasteiger partial charge in [0.05, 0.1) is 11.6 Å². The second-order valence-corrected chi connectivity index (χ2v) is 6.60. The van der Waals surface area contributed by atoms with Crippen molar-refractivity contribution in [2.75, 3.05) is 6.54 Å². The predicted octanol–water partition coefficient (Wildman–Crippen LogP) is 3.40. The zero-order chi connectivity index (χ0) is 17.5. The number of rotatable bonds is 3. The Hall–Kier alpha value is -3.12. The SMILES string of the molecule is Cn1cc(-c2c[nH]c3nccc(Oc4ccc5c(c4)CNCC5)c23)cn1. The first kappa shape index (κ1) is 15.2. The van der Waals surface area contributed by atoms with Crippen LogP contribution >= 0.6 is 0 Å². The number of pyridine rings is 1. The van der Waals surface area contributed by atoms with Gasteiger partial charge in [-0.15, -0.1) is 0 Å². The summed E-state index contributed by atoms with van der Waals surface area (Å²) < 4.78 is 8.06. The average molecular weight is 345 g/mol. The minimum absolute atomic E-state index is 0.791. The number of ether oxygens (including phenoxy) is 1. The van der Waals surface area contributed by atoms with E-state index in [1.54, 1.807) is 10.9 Å². The Morgan fingerprint density at radius 1 is 1.19 bits per heavy atom. The molecule has 6 nitrogen and oxygen atoms in total. The molecule has 0 saturated carbocycles.